The van der Waals surface area contributed by atoms with E-state index in [1.807, 2.05) is 42.5 Å². The summed E-state index contributed by atoms with van der Waals surface area (Å²) in [6.45, 7) is 0. The third-order valence-electron chi connectivity index (χ3n) is 4.30. The van der Waals surface area contributed by atoms with Crippen molar-refractivity contribution in [2.24, 2.45) is 0 Å². The van der Waals surface area contributed by atoms with E-state index in [2.05, 4.69) is 0 Å². The Kier molecular flexibility index (Phi) is 3.30. The Labute approximate surface area is 133 Å². The third-order valence-corrected chi connectivity index (χ3v) is 4.30. The standard InChI is InChI=1S/C21H14F2/c22-16-11-9-14(10-12-16)20-13-15-5-1-2-6-17(15)18-7-3-4-8-19(18)21(20)23/h1-12H,13H2. The van der Waals surface area contributed by atoms with Crippen LogP contribution in [0.25, 0.3) is 22.5 Å². The molecule has 0 saturated carbocycles. The normalized spacial score (nSPS) is 13.3. The van der Waals surface area contributed by atoms with Crippen molar-refractivity contribution < 1.29 is 8.78 Å². The van der Waals surface area contributed by atoms with Gasteiger partial charge in [0.2, 0.25) is 0 Å². The Morgan fingerprint density at radius 1 is 0.609 bits per heavy atom. The molecule has 0 N–H and O–H groups in total. The lowest BCUT2D eigenvalue weighted by Crippen LogP contribution is -1.93. The monoisotopic (exact) mass is 304 g/mol. The van der Waals surface area contributed by atoms with Crippen molar-refractivity contribution in [2.75, 3.05) is 0 Å². The maximum absolute atomic E-state index is 15.2. The number of fused-ring (bicyclic) bond motifs is 3. The SMILES string of the molecule is FC1=C(c2ccc(F)cc2)Cc2ccccc2-c2ccccc21. The van der Waals surface area contributed by atoms with Gasteiger partial charge in [-0.15, -0.1) is 0 Å². The Hall–Kier alpha value is -2.74. The van der Waals surface area contributed by atoms with Crippen molar-refractivity contribution in [1.29, 1.82) is 0 Å². The van der Waals surface area contributed by atoms with Crippen LogP contribution < -0.4 is 0 Å². The maximum Gasteiger partial charge on any atom is 0.135 e. The molecule has 0 amide bonds. The summed E-state index contributed by atoms with van der Waals surface area (Å²) < 4.78 is 28.4. The topological polar surface area (TPSA) is 0 Å². The van der Waals surface area contributed by atoms with Gasteiger partial charge in [-0.25, -0.2) is 8.78 Å². The van der Waals surface area contributed by atoms with E-state index in [-0.39, 0.29) is 11.6 Å². The number of hydrogen-bond donors (Lipinski definition) is 0. The van der Waals surface area contributed by atoms with E-state index in [9.17, 15) is 4.39 Å². The van der Waals surface area contributed by atoms with Crippen molar-refractivity contribution in [2.45, 2.75) is 6.42 Å². The average molecular weight is 304 g/mol. The van der Waals surface area contributed by atoms with E-state index in [4.69, 9.17) is 0 Å². The minimum atomic E-state index is -0.316. The lowest BCUT2D eigenvalue weighted by molar-refractivity contribution is 0.627. The van der Waals surface area contributed by atoms with Gasteiger partial charge in [-0.3, -0.25) is 0 Å². The van der Waals surface area contributed by atoms with E-state index in [1.165, 1.54) is 12.1 Å². The van der Waals surface area contributed by atoms with Crippen LogP contribution in [0.4, 0.5) is 8.78 Å². The van der Waals surface area contributed by atoms with Crippen molar-refractivity contribution >= 4 is 11.4 Å². The van der Waals surface area contributed by atoms with E-state index < -0.39 is 0 Å². The molecule has 3 aromatic rings. The van der Waals surface area contributed by atoms with E-state index in [1.54, 1.807) is 18.2 Å². The van der Waals surface area contributed by atoms with Crippen LogP contribution in [0.1, 0.15) is 16.7 Å². The summed E-state index contributed by atoms with van der Waals surface area (Å²) in [5.74, 6) is -0.549. The van der Waals surface area contributed by atoms with Crippen LogP contribution in [0.3, 0.4) is 0 Å². The molecule has 1 aliphatic carbocycles. The van der Waals surface area contributed by atoms with Crippen LogP contribution in [-0.2, 0) is 6.42 Å². The minimum absolute atomic E-state index is 0.233. The fourth-order valence-corrected chi connectivity index (χ4v) is 3.16. The average Bonchev–Trinajstić information content (AvgIpc) is 2.72. The molecular formula is C21H14F2. The van der Waals surface area contributed by atoms with Gasteiger partial charge in [-0.05, 0) is 34.4 Å². The summed E-state index contributed by atoms with van der Waals surface area (Å²) >= 11 is 0. The second-order valence-corrected chi connectivity index (χ2v) is 5.68. The summed E-state index contributed by atoms with van der Waals surface area (Å²) in [6, 6.07) is 21.5. The highest BCUT2D eigenvalue weighted by atomic mass is 19.1. The molecule has 0 spiro atoms. The minimum Gasteiger partial charge on any atom is -0.207 e. The van der Waals surface area contributed by atoms with E-state index in [0.29, 0.717) is 17.6 Å². The first-order chi connectivity index (χ1) is 11.2. The molecule has 0 unspecified atom stereocenters. The molecule has 4 rings (SSSR count). The Bertz CT molecular complexity index is 905. The molecule has 3 aromatic carbocycles. The highest BCUT2D eigenvalue weighted by molar-refractivity contribution is 5.96. The molecule has 0 bridgehead atoms. The summed E-state index contributed by atoms with van der Waals surface area (Å²) in [5, 5.41) is 0. The largest absolute Gasteiger partial charge is 0.207 e. The second-order valence-electron chi connectivity index (χ2n) is 5.68. The Morgan fingerprint density at radius 3 is 1.96 bits per heavy atom. The van der Waals surface area contributed by atoms with E-state index in [0.717, 1.165) is 22.3 Å². The predicted molar refractivity (Wildman–Crippen MR) is 89.9 cm³/mol. The Morgan fingerprint density at radius 2 is 1.22 bits per heavy atom. The van der Waals surface area contributed by atoms with Crippen LogP contribution in [0.15, 0.2) is 72.8 Å². The van der Waals surface area contributed by atoms with Gasteiger partial charge in [0.25, 0.3) is 0 Å². The van der Waals surface area contributed by atoms with Crippen molar-refractivity contribution in [3.8, 4) is 11.1 Å². The van der Waals surface area contributed by atoms with Gasteiger partial charge in [0, 0.05) is 17.6 Å². The number of hydrogen-bond acceptors (Lipinski definition) is 0. The fourth-order valence-electron chi connectivity index (χ4n) is 3.16. The Balaban J connectivity index is 2.00. The summed E-state index contributed by atoms with van der Waals surface area (Å²) in [5.41, 5.74) is 4.94. The maximum atomic E-state index is 15.2. The van der Waals surface area contributed by atoms with Gasteiger partial charge in [-0.1, -0.05) is 60.7 Å². The molecule has 2 heteroatoms. The van der Waals surface area contributed by atoms with Crippen LogP contribution in [0.2, 0.25) is 0 Å². The van der Waals surface area contributed by atoms with E-state index >= 15 is 4.39 Å². The van der Waals surface area contributed by atoms with Gasteiger partial charge in [0.1, 0.15) is 11.6 Å². The van der Waals surface area contributed by atoms with Gasteiger partial charge >= 0.3 is 0 Å². The number of halogens is 2. The molecule has 0 saturated heterocycles. The van der Waals surface area contributed by atoms with Crippen LogP contribution in [0, 0.1) is 5.82 Å². The number of allylic oxidation sites excluding steroid dienone is 1. The van der Waals surface area contributed by atoms with Crippen molar-refractivity contribution in [3.05, 3.63) is 95.3 Å². The summed E-state index contributed by atoms with van der Waals surface area (Å²) in [4.78, 5) is 0. The molecule has 0 atom stereocenters. The molecule has 0 fully saturated rings. The quantitative estimate of drug-likeness (QED) is 0.526. The van der Waals surface area contributed by atoms with Crippen LogP contribution in [-0.4, -0.2) is 0 Å². The molecule has 0 aliphatic heterocycles. The van der Waals surface area contributed by atoms with Gasteiger partial charge in [-0.2, -0.15) is 0 Å². The molecular weight excluding hydrogens is 290 g/mol. The molecule has 0 aromatic heterocycles. The van der Waals surface area contributed by atoms with Crippen LogP contribution >= 0.6 is 0 Å². The van der Waals surface area contributed by atoms with Crippen molar-refractivity contribution in [1.82, 2.24) is 0 Å². The summed E-state index contributed by atoms with van der Waals surface area (Å²) in [7, 11) is 0. The second kappa shape index (κ2) is 5.47. The van der Waals surface area contributed by atoms with Crippen molar-refractivity contribution in [3.63, 3.8) is 0 Å². The predicted octanol–water partition coefficient (Wildman–Crippen LogP) is 5.89. The molecule has 0 heterocycles. The molecule has 0 nitrogen and oxygen atoms in total. The molecule has 23 heavy (non-hydrogen) atoms. The highest BCUT2D eigenvalue weighted by Crippen LogP contribution is 2.41. The van der Waals surface area contributed by atoms with Gasteiger partial charge < -0.3 is 0 Å². The first kappa shape index (κ1) is 13.9. The van der Waals surface area contributed by atoms with Gasteiger partial charge in [0.15, 0.2) is 0 Å². The lowest BCUT2D eigenvalue weighted by Gasteiger charge is -2.09. The number of benzene rings is 3. The third kappa shape index (κ3) is 2.36. The zero-order valence-electron chi connectivity index (χ0n) is 12.4. The summed E-state index contributed by atoms with van der Waals surface area (Å²) in [6.07, 6.45) is 0.488. The van der Waals surface area contributed by atoms with Gasteiger partial charge in [0.05, 0.1) is 0 Å². The highest BCUT2D eigenvalue weighted by Gasteiger charge is 2.21. The smallest absolute Gasteiger partial charge is 0.135 e. The molecule has 0 radical (unpaired) electrons. The zero-order chi connectivity index (χ0) is 15.8. The first-order valence-electron chi connectivity index (χ1n) is 7.56. The number of rotatable bonds is 1. The lowest BCUT2D eigenvalue weighted by atomic mass is 9.95. The zero-order valence-corrected chi connectivity index (χ0v) is 12.4. The first-order valence-corrected chi connectivity index (χ1v) is 7.56. The molecule has 1 aliphatic rings. The molecule has 112 valence electrons. The van der Waals surface area contributed by atoms with Crippen LogP contribution in [0.5, 0.6) is 0 Å². The fraction of sp³-hybridized carbons (Fsp3) is 0.0476.